The van der Waals surface area contributed by atoms with Gasteiger partial charge in [-0.25, -0.2) is 0 Å². The van der Waals surface area contributed by atoms with Crippen LogP contribution in [-0.2, 0) is 11.2 Å². The van der Waals surface area contributed by atoms with Crippen molar-refractivity contribution in [2.75, 3.05) is 26.3 Å². The van der Waals surface area contributed by atoms with Gasteiger partial charge in [0.05, 0.1) is 10.0 Å². The van der Waals surface area contributed by atoms with Gasteiger partial charge in [-0.15, -0.1) is 0 Å². The molecule has 0 aromatic heterocycles. The third-order valence-electron chi connectivity index (χ3n) is 3.87. The summed E-state index contributed by atoms with van der Waals surface area (Å²) in [6, 6.07) is 5.96. The second-order valence-electron chi connectivity index (χ2n) is 5.32. The Hall–Kier alpha value is -0.280. The fourth-order valence-electron chi connectivity index (χ4n) is 2.69. The largest absolute Gasteiger partial charge is 0.381 e. The van der Waals surface area contributed by atoms with Crippen molar-refractivity contribution in [3.05, 3.63) is 33.8 Å². The summed E-state index contributed by atoms with van der Waals surface area (Å²) in [6.07, 6.45) is 3.22. The molecule has 106 valence electrons. The zero-order valence-electron chi connectivity index (χ0n) is 11.3. The second kappa shape index (κ2) is 6.94. The van der Waals surface area contributed by atoms with E-state index in [4.69, 9.17) is 27.9 Å². The van der Waals surface area contributed by atoms with Gasteiger partial charge in [-0.05, 0) is 48.9 Å². The molecule has 0 spiro atoms. The number of ether oxygens (including phenoxy) is 1. The van der Waals surface area contributed by atoms with Gasteiger partial charge in [0.15, 0.2) is 0 Å². The first kappa shape index (κ1) is 15.1. The molecule has 2 rings (SSSR count). The molecule has 1 N–H and O–H groups in total. The molecule has 1 saturated heterocycles. The second-order valence-corrected chi connectivity index (χ2v) is 6.13. The first-order valence-electron chi connectivity index (χ1n) is 6.88. The van der Waals surface area contributed by atoms with Crippen LogP contribution >= 0.6 is 23.2 Å². The van der Waals surface area contributed by atoms with E-state index in [1.54, 1.807) is 0 Å². The average molecular weight is 302 g/mol. The number of benzene rings is 1. The van der Waals surface area contributed by atoms with Gasteiger partial charge in [-0.2, -0.15) is 0 Å². The minimum atomic E-state index is 0.283. The Morgan fingerprint density at radius 3 is 2.58 bits per heavy atom. The Morgan fingerprint density at radius 1 is 1.21 bits per heavy atom. The first-order valence-corrected chi connectivity index (χ1v) is 7.63. The SMILES string of the molecule is CCNCC1(Cc2ccc(Cl)c(Cl)c2)CCOCC1. The number of halogens is 2. The van der Waals surface area contributed by atoms with Crippen LogP contribution in [0.2, 0.25) is 10.0 Å². The maximum absolute atomic E-state index is 6.11. The highest BCUT2D eigenvalue weighted by molar-refractivity contribution is 6.42. The Bertz CT molecular complexity index is 417. The van der Waals surface area contributed by atoms with E-state index in [0.717, 1.165) is 45.6 Å². The van der Waals surface area contributed by atoms with Crippen LogP contribution in [-0.4, -0.2) is 26.3 Å². The van der Waals surface area contributed by atoms with Crippen LogP contribution in [0.25, 0.3) is 0 Å². The zero-order chi connectivity index (χ0) is 13.7. The molecule has 0 bridgehead atoms. The molecule has 1 aliphatic rings. The maximum Gasteiger partial charge on any atom is 0.0595 e. The fourth-order valence-corrected chi connectivity index (χ4v) is 3.01. The van der Waals surface area contributed by atoms with Crippen LogP contribution in [0, 0.1) is 5.41 Å². The topological polar surface area (TPSA) is 21.3 Å². The summed E-state index contributed by atoms with van der Waals surface area (Å²) in [7, 11) is 0. The lowest BCUT2D eigenvalue weighted by Gasteiger charge is -2.37. The molecule has 0 aliphatic carbocycles. The molecule has 0 amide bonds. The lowest BCUT2D eigenvalue weighted by atomic mass is 9.75. The van der Waals surface area contributed by atoms with Gasteiger partial charge in [-0.3, -0.25) is 0 Å². The summed E-state index contributed by atoms with van der Waals surface area (Å²) in [5.74, 6) is 0. The van der Waals surface area contributed by atoms with Crippen LogP contribution in [0.1, 0.15) is 25.3 Å². The maximum atomic E-state index is 6.11. The molecule has 4 heteroatoms. The summed E-state index contributed by atoms with van der Waals surface area (Å²) in [4.78, 5) is 0. The molecule has 1 aromatic carbocycles. The molecule has 2 nitrogen and oxygen atoms in total. The van der Waals surface area contributed by atoms with Crippen molar-refractivity contribution < 1.29 is 4.74 Å². The fraction of sp³-hybridized carbons (Fsp3) is 0.600. The van der Waals surface area contributed by atoms with Gasteiger partial charge in [0.25, 0.3) is 0 Å². The molecular weight excluding hydrogens is 281 g/mol. The van der Waals surface area contributed by atoms with Gasteiger partial charge in [0.1, 0.15) is 0 Å². The van der Waals surface area contributed by atoms with Crippen molar-refractivity contribution in [2.45, 2.75) is 26.2 Å². The lowest BCUT2D eigenvalue weighted by Crippen LogP contribution is -2.40. The highest BCUT2D eigenvalue weighted by Crippen LogP contribution is 2.35. The van der Waals surface area contributed by atoms with E-state index in [2.05, 4.69) is 18.3 Å². The van der Waals surface area contributed by atoms with Gasteiger partial charge >= 0.3 is 0 Å². The van der Waals surface area contributed by atoms with Crippen molar-refractivity contribution >= 4 is 23.2 Å². The first-order chi connectivity index (χ1) is 9.15. The Balaban J connectivity index is 2.12. The van der Waals surface area contributed by atoms with Crippen molar-refractivity contribution in [3.8, 4) is 0 Å². The van der Waals surface area contributed by atoms with Gasteiger partial charge < -0.3 is 10.1 Å². The minimum Gasteiger partial charge on any atom is -0.381 e. The number of hydrogen-bond donors (Lipinski definition) is 1. The summed E-state index contributed by atoms with van der Waals surface area (Å²) < 4.78 is 5.51. The normalized spacial score (nSPS) is 18.5. The molecule has 1 heterocycles. The number of rotatable bonds is 5. The van der Waals surface area contributed by atoms with Crippen molar-refractivity contribution in [2.24, 2.45) is 5.41 Å². The highest BCUT2D eigenvalue weighted by Gasteiger charge is 2.32. The van der Waals surface area contributed by atoms with E-state index >= 15 is 0 Å². The number of nitrogens with one attached hydrogen (secondary N) is 1. The van der Waals surface area contributed by atoms with E-state index in [0.29, 0.717) is 10.0 Å². The standard InChI is InChI=1S/C15H21Cl2NO/c1-2-18-11-15(5-7-19-8-6-15)10-12-3-4-13(16)14(17)9-12/h3-4,9,18H,2,5-8,10-11H2,1H3. The van der Waals surface area contributed by atoms with E-state index in [1.807, 2.05) is 12.1 Å². The van der Waals surface area contributed by atoms with Gasteiger partial charge in [-0.1, -0.05) is 36.2 Å². The summed E-state index contributed by atoms with van der Waals surface area (Å²) in [5, 5.41) is 4.76. The van der Waals surface area contributed by atoms with Crippen molar-refractivity contribution in [1.82, 2.24) is 5.32 Å². The minimum absolute atomic E-state index is 0.283. The molecule has 19 heavy (non-hydrogen) atoms. The smallest absolute Gasteiger partial charge is 0.0595 e. The van der Waals surface area contributed by atoms with Crippen LogP contribution in [0.5, 0.6) is 0 Å². The van der Waals surface area contributed by atoms with E-state index in [9.17, 15) is 0 Å². The number of hydrogen-bond acceptors (Lipinski definition) is 2. The molecule has 0 atom stereocenters. The lowest BCUT2D eigenvalue weighted by molar-refractivity contribution is 0.0152. The summed E-state index contributed by atoms with van der Waals surface area (Å²) >= 11 is 12.1. The van der Waals surface area contributed by atoms with Crippen LogP contribution in [0.4, 0.5) is 0 Å². The zero-order valence-corrected chi connectivity index (χ0v) is 12.9. The molecule has 0 saturated carbocycles. The van der Waals surface area contributed by atoms with Crippen LogP contribution in [0.15, 0.2) is 18.2 Å². The van der Waals surface area contributed by atoms with Crippen molar-refractivity contribution in [1.29, 1.82) is 0 Å². The molecule has 1 aliphatic heterocycles. The van der Waals surface area contributed by atoms with Crippen molar-refractivity contribution in [3.63, 3.8) is 0 Å². The average Bonchev–Trinajstić information content (AvgIpc) is 2.42. The molecular formula is C15H21Cl2NO. The third-order valence-corrected chi connectivity index (χ3v) is 4.61. The predicted octanol–water partition coefficient (Wildman–Crippen LogP) is 3.94. The third kappa shape index (κ3) is 4.09. The van der Waals surface area contributed by atoms with Crippen LogP contribution < -0.4 is 5.32 Å². The Kier molecular flexibility index (Phi) is 5.52. The highest BCUT2D eigenvalue weighted by atomic mass is 35.5. The van der Waals surface area contributed by atoms with E-state index in [-0.39, 0.29) is 5.41 Å². The van der Waals surface area contributed by atoms with Gasteiger partial charge in [0.2, 0.25) is 0 Å². The predicted molar refractivity (Wildman–Crippen MR) is 81.2 cm³/mol. The van der Waals surface area contributed by atoms with E-state index in [1.165, 1.54) is 5.56 Å². The van der Waals surface area contributed by atoms with Gasteiger partial charge in [0, 0.05) is 19.8 Å². The molecule has 0 radical (unpaired) electrons. The molecule has 1 aromatic rings. The summed E-state index contributed by atoms with van der Waals surface area (Å²) in [5.41, 5.74) is 1.54. The Morgan fingerprint density at radius 2 is 1.95 bits per heavy atom. The molecule has 1 fully saturated rings. The quantitative estimate of drug-likeness (QED) is 0.889. The van der Waals surface area contributed by atoms with Crippen LogP contribution in [0.3, 0.4) is 0 Å². The molecule has 0 unspecified atom stereocenters. The Labute approximate surface area is 125 Å². The summed E-state index contributed by atoms with van der Waals surface area (Å²) in [6.45, 7) is 5.89. The van der Waals surface area contributed by atoms with E-state index < -0.39 is 0 Å². The monoisotopic (exact) mass is 301 g/mol.